The third-order valence-electron chi connectivity index (χ3n) is 11.3. The Bertz CT molecular complexity index is 2230. The van der Waals surface area contributed by atoms with Crippen molar-refractivity contribution >= 4 is 50.5 Å². The zero-order chi connectivity index (χ0) is 45.8. The normalized spacial score (nSPS) is 20.7. The second-order valence-electron chi connectivity index (χ2n) is 16.7. The van der Waals surface area contributed by atoms with Crippen molar-refractivity contribution in [2.45, 2.75) is 114 Å². The van der Waals surface area contributed by atoms with E-state index in [2.05, 4.69) is 10.6 Å². The molecule has 3 aliphatic rings. The number of phosphoric acid groups is 1. The van der Waals surface area contributed by atoms with E-state index in [0.717, 1.165) is 6.07 Å². The molecule has 0 aromatic heterocycles. The first-order chi connectivity index (χ1) is 28.8. The van der Waals surface area contributed by atoms with Crippen molar-refractivity contribution in [1.82, 2.24) is 10.6 Å². The largest absolute Gasteiger partial charge is 0.524 e. The lowest BCUT2D eigenvalue weighted by atomic mass is 9.59. The Morgan fingerprint density at radius 1 is 0.952 bits per heavy atom. The number of ether oxygens (including phenoxy) is 3. The molecule has 342 valence electrons. The zero-order valence-electron chi connectivity index (χ0n) is 34.6. The number of amides is 1. The van der Waals surface area contributed by atoms with Crippen molar-refractivity contribution in [2.75, 3.05) is 19.4 Å². The highest BCUT2D eigenvalue weighted by atomic mass is 35.5. The van der Waals surface area contributed by atoms with Crippen LogP contribution in [0.4, 0.5) is 8.78 Å². The third kappa shape index (κ3) is 13.1. The van der Waals surface area contributed by atoms with Gasteiger partial charge in [0.15, 0.2) is 0 Å². The number of nitrogens with one attached hydrogen (secondary N) is 2. The van der Waals surface area contributed by atoms with Crippen molar-refractivity contribution in [2.24, 2.45) is 0 Å². The van der Waals surface area contributed by atoms with Gasteiger partial charge in [0.1, 0.15) is 47.8 Å². The van der Waals surface area contributed by atoms with Crippen LogP contribution in [-0.2, 0) is 35.3 Å². The number of phosphoric ester groups is 1. The summed E-state index contributed by atoms with van der Waals surface area (Å²) in [6.07, 6.45) is -1.05. The van der Waals surface area contributed by atoms with E-state index in [4.69, 9.17) is 41.9 Å². The average Bonchev–Trinajstić information content (AvgIpc) is 3.14. The molecule has 3 fully saturated rings. The molecular formula is C41H52Cl2F2N2O13P2. The first kappa shape index (κ1) is 49.7. The number of hydrogen-bond acceptors (Lipinski definition) is 10. The smallest absolute Gasteiger partial charge is 0.493 e. The number of aliphatic hydroxyl groups excluding tert-OH is 1. The van der Waals surface area contributed by atoms with Crippen LogP contribution in [0.2, 0.25) is 10.0 Å². The molecule has 2 bridgehead atoms. The van der Waals surface area contributed by atoms with Crippen LogP contribution in [0.15, 0.2) is 42.5 Å². The topological polar surface area (TPSA) is 230 Å². The van der Waals surface area contributed by atoms with Gasteiger partial charge in [-0.1, -0.05) is 43.1 Å². The molecular weight excluding hydrogens is 899 g/mol. The molecule has 1 unspecified atom stereocenters. The van der Waals surface area contributed by atoms with Crippen LogP contribution in [0.1, 0.15) is 87.5 Å². The lowest BCUT2D eigenvalue weighted by molar-refractivity contribution is -0.168. The third-order valence-corrected chi connectivity index (χ3v) is 13.3. The van der Waals surface area contributed by atoms with Crippen LogP contribution >= 0.6 is 38.6 Å². The first-order valence-corrected chi connectivity index (χ1v) is 23.9. The summed E-state index contributed by atoms with van der Waals surface area (Å²) in [5.41, 5.74) is -1.52. The summed E-state index contributed by atoms with van der Waals surface area (Å²) >= 11 is 11.6. The SMILES string of the molecule is Cc1cc(OP(=O)(O)O)c(C(C)(C)CC(=O)O[C@H]2CC3(NC(O)COc4ccc(Cl)c(F)c4)CCC2(NC(=O)CCc2ccc(Cl)c(F)c2)CC3)c(C)c1OCCCP(=O)(O)O. The van der Waals surface area contributed by atoms with Gasteiger partial charge in [0.25, 0.3) is 0 Å². The Balaban J connectivity index is 1.38. The lowest BCUT2D eigenvalue weighted by Gasteiger charge is -2.57. The molecule has 3 aromatic rings. The number of fused-ring (bicyclic) bond motifs is 3. The molecule has 0 radical (unpaired) electrons. The Morgan fingerprint density at radius 2 is 1.60 bits per heavy atom. The molecule has 0 saturated heterocycles. The van der Waals surface area contributed by atoms with Gasteiger partial charge in [-0.05, 0) is 99.4 Å². The highest BCUT2D eigenvalue weighted by molar-refractivity contribution is 7.51. The van der Waals surface area contributed by atoms with Gasteiger partial charge in [0, 0.05) is 35.4 Å². The Hall–Kier alpha value is -3.34. The van der Waals surface area contributed by atoms with Crippen LogP contribution in [0, 0.1) is 25.5 Å². The summed E-state index contributed by atoms with van der Waals surface area (Å²) in [6, 6.07) is 9.51. The number of carbonyl (C=O) groups is 2. The molecule has 0 aliphatic heterocycles. The second kappa shape index (κ2) is 19.8. The predicted octanol–water partition coefficient (Wildman–Crippen LogP) is 7.08. The average molecular weight is 952 g/mol. The van der Waals surface area contributed by atoms with E-state index in [0.29, 0.717) is 42.4 Å². The molecule has 1 amide bonds. The monoisotopic (exact) mass is 950 g/mol. The number of carbonyl (C=O) groups excluding carboxylic acids is 2. The van der Waals surface area contributed by atoms with E-state index < -0.39 is 68.0 Å². The summed E-state index contributed by atoms with van der Waals surface area (Å²) in [7, 11) is -9.41. The van der Waals surface area contributed by atoms with Crippen LogP contribution in [0.5, 0.6) is 17.2 Å². The molecule has 7 N–H and O–H groups in total. The van der Waals surface area contributed by atoms with Gasteiger partial charge in [-0.25, -0.2) is 13.3 Å². The van der Waals surface area contributed by atoms with Crippen LogP contribution in [0.3, 0.4) is 0 Å². The highest BCUT2D eigenvalue weighted by Crippen LogP contribution is 2.51. The standard InChI is InChI=1S/C41H52Cl2F2N2O13P2/c1-24-18-32(60-62(54,55)56)37(25(2)38(24)57-16-5-17-61(51,52)53)39(3,4)22-36(50)59-33-21-40(46-35(49)23-58-27-8-10-29(43)31(45)20-27)12-14-41(33,15-13-40)47-34(48)11-7-26-6-9-28(42)30(44)19-26/h6,8-10,18-20,33,35,46,49H,5,7,11-17,21-23H2,1-4H3,(H,47,48)(H2,51,52,53)(H2,54,55,56)/t33-,35?,40?,41?/m0/s1. The van der Waals surface area contributed by atoms with Crippen LogP contribution < -0.4 is 24.6 Å². The first-order valence-electron chi connectivity index (χ1n) is 19.8. The molecule has 6 rings (SSSR count). The molecule has 0 spiro atoms. The number of hydrogen-bond donors (Lipinski definition) is 7. The summed E-state index contributed by atoms with van der Waals surface area (Å²) < 4.78 is 74.6. The fourth-order valence-electron chi connectivity index (χ4n) is 8.53. The lowest BCUT2D eigenvalue weighted by Crippen LogP contribution is -2.71. The molecule has 3 aromatic carbocycles. The number of aliphatic hydroxyl groups is 1. The van der Waals surface area contributed by atoms with Gasteiger partial charge < -0.3 is 38.9 Å². The Morgan fingerprint density at radius 3 is 2.21 bits per heavy atom. The van der Waals surface area contributed by atoms with Crippen molar-refractivity contribution in [3.8, 4) is 17.2 Å². The maximum Gasteiger partial charge on any atom is 0.524 e. The minimum absolute atomic E-state index is 0.0109. The number of benzene rings is 3. The van der Waals surface area contributed by atoms with E-state index in [-0.39, 0.29) is 84.1 Å². The fraction of sp³-hybridized carbons (Fsp3) is 0.512. The van der Waals surface area contributed by atoms with Gasteiger partial charge in [-0.15, -0.1) is 0 Å². The summed E-state index contributed by atoms with van der Waals surface area (Å²) in [5, 5.41) is 17.3. The Labute approximate surface area is 368 Å². The van der Waals surface area contributed by atoms with Crippen molar-refractivity contribution < 1.29 is 70.9 Å². The minimum atomic E-state index is -5.12. The quantitative estimate of drug-likeness (QED) is 0.0260. The molecule has 62 heavy (non-hydrogen) atoms. The van der Waals surface area contributed by atoms with Gasteiger partial charge in [0.05, 0.1) is 34.8 Å². The van der Waals surface area contributed by atoms with E-state index in [1.807, 2.05) is 0 Å². The number of esters is 1. The zero-order valence-corrected chi connectivity index (χ0v) is 37.9. The van der Waals surface area contributed by atoms with E-state index >= 15 is 0 Å². The summed E-state index contributed by atoms with van der Waals surface area (Å²) in [5.74, 6) is -2.19. The summed E-state index contributed by atoms with van der Waals surface area (Å²) in [6.45, 7) is 6.15. The highest BCUT2D eigenvalue weighted by Gasteiger charge is 2.57. The number of aryl methyl sites for hydroxylation is 2. The fourth-order valence-corrected chi connectivity index (χ4v) is 9.71. The van der Waals surface area contributed by atoms with Crippen molar-refractivity contribution in [3.05, 3.63) is 86.4 Å². The number of halogens is 4. The molecule has 15 nitrogen and oxygen atoms in total. The molecule has 2 atom stereocenters. The molecule has 3 saturated carbocycles. The van der Waals surface area contributed by atoms with Gasteiger partial charge in [-0.2, -0.15) is 0 Å². The number of rotatable bonds is 20. The van der Waals surface area contributed by atoms with Crippen LogP contribution in [-0.4, -0.2) is 79.3 Å². The summed E-state index contributed by atoms with van der Waals surface area (Å²) in [4.78, 5) is 66.0. The second-order valence-corrected chi connectivity index (χ2v) is 20.5. The van der Waals surface area contributed by atoms with Crippen LogP contribution in [0.25, 0.3) is 0 Å². The van der Waals surface area contributed by atoms with E-state index in [1.54, 1.807) is 33.8 Å². The predicted molar refractivity (Wildman–Crippen MR) is 226 cm³/mol. The van der Waals surface area contributed by atoms with Gasteiger partial charge in [0.2, 0.25) is 5.91 Å². The molecule has 21 heteroatoms. The van der Waals surface area contributed by atoms with Gasteiger partial charge in [-0.3, -0.25) is 29.3 Å². The van der Waals surface area contributed by atoms with E-state index in [1.165, 1.54) is 30.3 Å². The Kier molecular flexibility index (Phi) is 15.9. The van der Waals surface area contributed by atoms with Crippen molar-refractivity contribution in [1.29, 1.82) is 0 Å². The maximum atomic E-state index is 14.2. The van der Waals surface area contributed by atoms with Crippen molar-refractivity contribution in [3.63, 3.8) is 0 Å². The molecule has 3 aliphatic carbocycles. The minimum Gasteiger partial charge on any atom is -0.493 e. The molecule has 0 heterocycles. The van der Waals surface area contributed by atoms with E-state index in [9.17, 15) is 52.2 Å². The maximum absolute atomic E-state index is 14.2. The van der Waals surface area contributed by atoms with Gasteiger partial charge >= 0.3 is 21.4 Å².